The van der Waals surface area contributed by atoms with Crippen molar-refractivity contribution in [3.05, 3.63) is 53.2 Å². The molecule has 0 aliphatic carbocycles. The smallest absolute Gasteiger partial charge is 0.257 e. The molecule has 0 saturated carbocycles. The minimum Gasteiger partial charge on any atom is -0.466 e. The lowest BCUT2D eigenvalue weighted by Gasteiger charge is -2.22. The maximum absolute atomic E-state index is 12.8. The van der Waals surface area contributed by atoms with Gasteiger partial charge in [0.25, 0.3) is 5.91 Å². The fourth-order valence-corrected chi connectivity index (χ4v) is 2.88. The highest BCUT2D eigenvalue weighted by molar-refractivity contribution is 5.95. The van der Waals surface area contributed by atoms with Gasteiger partial charge in [0.1, 0.15) is 11.5 Å². The Morgan fingerprint density at radius 1 is 1.22 bits per heavy atom. The Labute approximate surface area is 161 Å². The van der Waals surface area contributed by atoms with Gasteiger partial charge in [-0.1, -0.05) is 19.4 Å². The number of amides is 2. The van der Waals surface area contributed by atoms with Crippen molar-refractivity contribution >= 4 is 11.8 Å². The first kappa shape index (κ1) is 20.7. The number of hydrogen-bond acceptors (Lipinski definition) is 4. The number of carbonyl (C=O) groups excluding carboxylic acids is 2. The average Bonchev–Trinajstić information content (AvgIpc) is 3.00. The maximum Gasteiger partial charge on any atom is 0.257 e. The van der Waals surface area contributed by atoms with E-state index in [0.717, 1.165) is 24.3 Å². The minimum atomic E-state index is -0.0703. The second-order valence-corrected chi connectivity index (χ2v) is 6.64. The number of nitrogens with one attached hydrogen (secondary N) is 1. The van der Waals surface area contributed by atoms with Crippen LogP contribution in [0.5, 0.6) is 0 Å². The quantitative estimate of drug-likeness (QED) is 0.695. The Morgan fingerprint density at radius 2 is 2.04 bits per heavy atom. The summed E-state index contributed by atoms with van der Waals surface area (Å²) in [6, 6.07) is 7.50. The molecule has 2 amide bonds. The molecule has 2 aromatic rings. The van der Waals surface area contributed by atoms with Crippen LogP contribution < -0.4 is 5.32 Å². The number of carbonyl (C=O) groups is 2. The number of nitrogens with zero attached hydrogens (tertiary/aromatic N) is 2. The molecule has 146 valence electrons. The highest BCUT2D eigenvalue weighted by Crippen LogP contribution is 2.16. The molecule has 0 atom stereocenters. The predicted molar refractivity (Wildman–Crippen MR) is 105 cm³/mol. The first-order valence-corrected chi connectivity index (χ1v) is 9.54. The fourth-order valence-electron chi connectivity index (χ4n) is 2.88. The molecule has 0 fully saturated rings. The number of unbranched alkanes of at least 4 members (excludes halogenated alkanes) is 1. The predicted octanol–water partition coefficient (Wildman–Crippen LogP) is 3.28. The number of hydrogen-bond donors (Lipinski definition) is 1. The van der Waals surface area contributed by atoms with Gasteiger partial charge in [0.2, 0.25) is 5.91 Å². The van der Waals surface area contributed by atoms with Gasteiger partial charge in [-0.3, -0.25) is 14.6 Å². The van der Waals surface area contributed by atoms with E-state index in [0.29, 0.717) is 37.4 Å². The van der Waals surface area contributed by atoms with Crippen LogP contribution >= 0.6 is 0 Å². The summed E-state index contributed by atoms with van der Waals surface area (Å²) >= 11 is 0. The SMILES string of the molecule is CCCCN(CCC(=O)NCCc1ccccn1)C(=O)c1cc(C)oc1C. The highest BCUT2D eigenvalue weighted by atomic mass is 16.3. The monoisotopic (exact) mass is 371 g/mol. The first-order chi connectivity index (χ1) is 13.0. The molecule has 2 rings (SSSR count). The van der Waals surface area contributed by atoms with E-state index in [1.807, 2.05) is 25.1 Å². The van der Waals surface area contributed by atoms with Crippen LogP contribution in [0.3, 0.4) is 0 Å². The zero-order valence-electron chi connectivity index (χ0n) is 16.5. The fraction of sp³-hybridized carbons (Fsp3) is 0.476. The van der Waals surface area contributed by atoms with Crippen LogP contribution in [0.15, 0.2) is 34.9 Å². The zero-order valence-corrected chi connectivity index (χ0v) is 16.5. The van der Waals surface area contributed by atoms with Crippen LogP contribution in [0, 0.1) is 13.8 Å². The number of pyridine rings is 1. The van der Waals surface area contributed by atoms with Gasteiger partial charge < -0.3 is 14.6 Å². The summed E-state index contributed by atoms with van der Waals surface area (Å²) in [7, 11) is 0. The third kappa shape index (κ3) is 6.55. The normalized spacial score (nSPS) is 10.6. The summed E-state index contributed by atoms with van der Waals surface area (Å²) in [5.41, 5.74) is 1.53. The minimum absolute atomic E-state index is 0.0553. The van der Waals surface area contributed by atoms with Gasteiger partial charge in [-0.2, -0.15) is 0 Å². The second kappa shape index (κ2) is 10.5. The van der Waals surface area contributed by atoms with Gasteiger partial charge in [0, 0.05) is 44.4 Å². The number of aromatic nitrogens is 1. The molecule has 0 unspecified atom stereocenters. The molecule has 0 bridgehead atoms. The van der Waals surface area contributed by atoms with E-state index in [4.69, 9.17) is 4.42 Å². The van der Waals surface area contributed by atoms with Crippen LogP contribution in [0.1, 0.15) is 53.8 Å². The molecule has 0 aromatic carbocycles. The van der Waals surface area contributed by atoms with Gasteiger partial charge >= 0.3 is 0 Å². The molecular weight excluding hydrogens is 342 g/mol. The van der Waals surface area contributed by atoms with Crippen LogP contribution in [0.4, 0.5) is 0 Å². The van der Waals surface area contributed by atoms with Crippen molar-refractivity contribution in [2.45, 2.75) is 46.5 Å². The van der Waals surface area contributed by atoms with Gasteiger partial charge in [0.15, 0.2) is 0 Å². The third-order valence-electron chi connectivity index (χ3n) is 4.38. The Kier molecular flexibility index (Phi) is 8.04. The van der Waals surface area contributed by atoms with E-state index in [2.05, 4.69) is 17.2 Å². The van der Waals surface area contributed by atoms with Crippen molar-refractivity contribution in [1.82, 2.24) is 15.2 Å². The lowest BCUT2D eigenvalue weighted by Crippen LogP contribution is -2.36. The van der Waals surface area contributed by atoms with Crippen molar-refractivity contribution < 1.29 is 14.0 Å². The largest absolute Gasteiger partial charge is 0.466 e. The summed E-state index contributed by atoms with van der Waals surface area (Å²) in [6.45, 7) is 7.29. The highest BCUT2D eigenvalue weighted by Gasteiger charge is 2.20. The van der Waals surface area contributed by atoms with Crippen LogP contribution in [0.25, 0.3) is 0 Å². The van der Waals surface area contributed by atoms with E-state index in [1.165, 1.54) is 0 Å². The van der Waals surface area contributed by atoms with E-state index in [9.17, 15) is 9.59 Å². The van der Waals surface area contributed by atoms with E-state index >= 15 is 0 Å². The summed E-state index contributed by atoms with van der Waals surface area (Å²) in [4.78, 5) is 31.0. The van der Waals surface area contributed by atoms with Crippen molar-refractivity contribution in [3.8, 4) is 0 Å². The number of rotatable bonds is 10. The summed E-state index contributed by atoms with van der Waals surface area (Å²) < 4.78 is 5.48. The molecule has 2 aromatic heterocycles. The molecule has 1 N–H and O–H groups in total. The standard InChI is InChI=1S/C21H29N3O3/c1-4-5-13-24(21(26)19-15-16(2)27-17(19)3)14-10-20(25)23-12-9-18-8-6-7-11-22-18/h6-8,11,15H,4-5,9-10,12-14H2,1-3H3,(H,23,25). The van der Waals surface area contributed by atoms with E-state index < -0.39 is 0 Å². The van der Waals surface area contributed by atoms with E-state index in [-0.39, 0.29) is 18.2 Å². The van der Waals surface area contributed by atoms with Gasteiger partial charge in [-0.25, -0.2) is 0 Å². The molecule has 27 heavy (non-hydrogen) atoms. The van der Waals surface area contributed by atoms with Crippen LogP contribution in [0.2, 0.25) is 0 Å². The molecule has 0 spiro atoms. The number of aryl methyl sites for hydroxylation is 2. The van der Waals surface area contributed by atoms with Crippen molar-refractivity contribution in [2.24, 2.45) is 0 Å². The van der Waals surface area contributed by atoms with Gasteiger partial charge in [-0.15, -0.1) is 0 Å². The molecule has 0 aliphatic heterocycles. The third-order valence-corrected chi connectivity index (χ3v) is 4.38. The lowest BCUT2D eigenvalue weighted by atomic mass is 10.2. The molecule has 0 saturated heterocycles. The van der Waals surface area contributed by atoms with E-state index in [1.54, 1.807) is 24.1 Å². The number of furan rings is 1. The van der Waals surface area contributed by atoms with Crippen molar-refractivity contribution in [1.29, 1.82) is 0 Å². The van der Waals surface area contributed by atoms with Gasteiger partial charge in [0.05, 0.1) is 5.56 Å². The molecular formula is C21H29N3O3. The summed E-state index contributed by atoms with van der Waals surface area (Å²) in [5.74, 6) is 1.22. The summed E-state index contributed by atoms with van der Waals surface area (Å²) in [6.07, 6.45) is 4.62. The molecule has 0 radical (unpaired) electrons. The Bertz CT molecular complexity index is 740. The second-order valence-electron chi connectivity index (χ2n) is 6.64. The first-order valence-electron chi connectivity index (χ1n) is 9.54. The molecule has 6 nitrogen and oxygen atoms in total. The Hall–Kier alpha value is -2.63. The Balaban J connectivity index is 1.85. The Morgan fingerprint density at radius 3 is 2.67 bits per heavy atom. The van der Waals surface area contributed by atoms with Crippen LogP contribution in [-0.2, 0) is 11.2 Å². The topological polar surface area (TPSA) is 75.4 Å². The van der Waals surface area contributed by atoms with Gasteiger partial charge in [-0.05, 0) is 38.5 Å². The average molecular weight is 371 g/mol. The lowest BCUT2D eigenvalue weighted by molar-refractivity contribution is -0.121. The zero-order chi connectivity index (χ0) is 19.6. The summed E-state index contributed by atoms with van der Waals surface area (Å²) in [5, 5.41) is 2.90. The van der Waals surface area contributed by atoms with Crippen LogP contribution in [-0.4, -0.2) is 41.3 Å². The molecule has 2 heterocycles. The van der Waals surface area contributed by atoms with Crippen molar-refractivity contribution in [3.63, 3.8) is 0 Å². The molecule has 0 aliphatic rings. The van der Waals surface area contributed by atoms with Crippen molar-refractivity contribution in [2.75, 3.05) is 19.6 Å². The molecule has 6 heteroatoms. The maximum atomic E-state index is 12.8.